The number of nitrogens with two attached hydrogens (primary N) is 4. The highest BCUT2D eigenvalue weighted by Gasteiger charge is 2.26. The number of aliphatic imine (C=N–C) groups is 1. The highest BCUT2D eigenvalue weighted by Crippen LogP contribution is 2.06. The number of rotatable bonds is 13. The molecular formula is C19H30N8O4. The molecule has 0 aliphatic heterocycles. The van der Waals surface area contributed by atoms with Crippen molar-refractivity contribution in [2.24, 2.45) is 27.9 Å². The summed E-state index contributed by atoms with van der Waals surface area (Å²) in [5.41, 5.74) is 21.7. The Hall–Kier alpha value is -3.67. The second-order valence-corrected chi connectivity index (χ2v) is 6.71. The summed E-state index contributed by atoms with van der Waals surface area (Å²) in [6.45, 7) is -0.410. The number of guanidine groups is 1. The molecule has 12 nitrogen and oxygen atoms in total. The standard InChI is InChI=1S/C19H30N8O4/c20-10-16(29)26-13(7-4-8-24-19(22)23)18(31)27-14(17(30)25-11-15(21)28)9-12-5-2-1-3-6-12/h1-3,5-6,13-14H,4,7-11,20H2,(H2,21,28)(H,25,30)(H,26,29)(H,27,31)(H4,22,23,24)/t13-,14-/m0/s1. The fourth-order valence-electron chi connectivity index (χ4n) is 2.65. The van der Waals surface area contributed by atoms with Gasteiger partial charge in [0.1, 0.15) is 12.1 Å². The quantitative estimate of drug-likeness (QED) is 0.0956. The highest BCUT2D eigenvalue weighted by atomic mass is 16.2. The van der Waals surface area contributed by atoms with E-state index >= 15 is 0 Å². The predicted octanol–water partition coefficient (Wildman–Crippen LogP) is -3.19. The van der Waals surface area contributed by atoms with E-state index in [9.17, 15) is 19.2 Å². The summed E-state index contributed by atoms with van der Waals surface area (Å²) in [7, 11) is 0. The Kier molecular flexibility index (Phi) is 11.1. The summed E-state index contributed by atoms with van der Waals surface area (Å²) < 4.78 is 0. The van der Waals surface area contributed by atoms with Crippen molar-refractivity contribution >= 4 is 29.6 Å². The van der Waals surface area contributed by atoms with Crippen molar-refractivity contribution in [2.75, 3.05) is 19.6 Å². The summed E-state index contributed by atoms with van der Waals surface area (Å²) in [5.74, 6) is -2.49. The van der Waals surface area contributed by atoms with Crippen LogP contribution in [-0.2, 0) is 25.6 Å². The van der Waals surface area contributed by atoms with E-state index in [1.165, 1.54) is 0 Å². The second kappa shape index (κ2) is 13.5. The van der Waals surface area contributed by atoms with Crippen molar-refractivity contribution in [3.05, 3.63) is 35.9 Å². The number of carbonyl (C=O) groups is 4. The van der Waals surface area contributed by atoms with Crippen LogP contribution in [0.15, 0.2) is 35.3 Å². The minimum Gasteiger partial charge on any atom is -0.370 e. The molecule has 0 aliphatic carbocycles. The molecule has 0 spiro atoms. The Bertz CT molecular complexity index is 780. The molecule has 4 amide bonds. The van der Waals surface area contributed by atoms with Gasteiger partial charge in [-0.25, -0.2) is 0 Å². The van der Waals surface area contributed by atoms with Gasteiger partial charge in [0.15, 0.2) is 5.96 Å². The molecule has 170 valence electrons. The van der Waals surface area contributed by atoms with Crippen molar-refractivity contribution < 1.29 is 19.2 Å². The third-order valence-corrected chi connectivity index (χ3v) is 4.13. The van der Waals surface area contributed by atoms with Crippen molar-refractivity contribution in [1.82, 2.24) is 16.0 Å². The van der Waals surface area contributed by atoms with Gasteiger partial charge in [0.25, 0.3) is 0 Å². The zero-order valence-electron chi connectivity index (χ0n) is 17.2. The number of amides is 4. The third kappa shape index (κ3) is 10.6. The van der Waals surface area contributed by atoms with Gasteiger partial charge in [-0.05, 0) is 18.4 Å². The van der Waals surface area contributed by atoms with Gasteiger partial charge in [-0.2, -0.15) is 0 Å². The van der Waals surface area contributed by atoms with E-state index in [1.807, 2.05) is 6.07 Å². The highest BCUT2D eigenvalue weighted by molar-refractivity contribution is 5.93. The van der Waals surface area contributed by atoms with Crippen LogP contribution in [0.5, 0.6) is 0 Å². The maximum atomic E-state index is 12.8. The maximum absolute atomic E-state index is 12.8. The lowest BCUT2D eigenvalue weighted by atomic mass is 10.0. The molecule has 0 fully saturated rings. The molecule has 0 heterocycles. The van der Waals surface area contributed by atoms with Crippen molar-refractivity contribution in [2.45, 2.75) is 31.3 Å². The first-order valence-electron chi connectivity index (χ1n) is 9.68. The average Bonchev–Trinajstić information content (AvgIpc) is 2.73. The van der Waals surface area contributed by atoms with Gasteiger partial charge in [0.05, 0.1) is 13.1 Å². The topological polar surface area (TPSA) is 221 Å². The SMILES string of the molecule is NCC(=O)N[C@@H](CCCN=C(N)N)C(=O)N[C@@H](Cc1ccccc1)C(=O)NCC(N)=O. The molecule has 0 saturated heterocycles. The summed E-state index contributed by atoms with van der Waals surface area (Å²) in [5, 5.41) is 7.53. The van der Waals surface area contributed by atoms with Crippen LogP contribution in [0.2, 0.25) is 0 Å². The van der Waals surface area contributed by atoms with E-state index < -0.39 is 35.7 Å². The fourth-order valence-corrected chi connectivity index (χ4v) is 2.65. The van der Waals surface area contributed by atoms with Gasteiger partial charge >= 0.3 is 0 Å². The van der Waals surface area contributed by atoms with Crippen molar-refractivity contribution in [1.29, 1.82) is 0 Å². The zero-order valence-corrected chi connectivity index (χ0v) is 17.2. The summed E-state index contributed by atoms with van der Waals surface area (Å²) in [6, 6.07) is 7.05. The zero-order chi connectivity index (χ0) is 23.2. The first-order valence-corrected chi connectivity index (χ1v) is 9.68. The monoisotopic (exact) mass is 434 g/mol. The Morgan fingerprint density at radius 1 is 0.935 bits per heavy atom. The van der Waals surface area contributed by atoms with Crippen LogP contribution in [0.1, 0.15) is 18.4 Å². The Labute approximate surface area is 180 Å². The van der Waals surface area contributed by atoms with Crippen LogP contribution in [0.3, 0.4) is 0 Å². The molecule has 31 heavy (non-hydrogen) atoms. The van der Waals surface area contributed by atoms with Crippen LogP contribution >= 0.6 is 0 Å². The summed E-state index contributed by atoms with van der Waals surface area (Å²) >= 11 is 0. The van der Waals surface area contributed by atoms with Gasteiger partial charge in [-0.15, -0.1) is 0 Å². The molecule has 1 aromatic rings. The minimum absolute atomic E-state index is 0.0824. The van der Waals surface area contributed by atoms with E-state index in [4.69, 9.17) is 22.9 Å². The molecule has 0 bridgehead atoms. The van der Waals surface area contributed by atoms with Crippen LogP contribution in [-0.4, -0.2) is 61.3 Å². The van der Waals surface area contributed by atoms with Crippen LogP contribution < -0.4 is 38.9 Å². The lowest BCUT2D eigenvalue weighted by Gasteiger charge is -2.23. The molecule has 0 aromatic heterocycles. The molecule has 0 unspecified atom stereocenters. The van der Waals surface area contributed by atoms with Crippen LogP contribution in [0, 0.1) is 0 Å². The third-order valence-electron chi connectivity index (χ3n) is 4.13. The second-order valence-electron chi connectivity index (χ2n) is 6.71. The predicted molar refractivity (Wildman–Crippen MR) is 115 cm³/mol. The van der Waals surface area contributed by atoms with Crippen LogP contribution in [0.4, 0.5) is 0 Å². The lowest BCUT2D eigenvalue weighted by Crippen LogP contribution is -2.55. The van der Waals surface area contributed by atoms with Gasteiger partial charge in [-0.1, -0.05) is 30.3 Å². The number of benzene rings is 1. The number of carbonyl (C=O) groups excluding carboxylic acids is 4. The van der Waals surface area contributed by atoms with E-state index in [0.717, 1.165) is 5.56 Å². The lowest BCUT2D eigenvalue weighted by molar-refractivity contribution is -0.132. The summed E-state index contributed by atoms with van der Waals surface area (Å²) in [6.07, 6.45) is 0.788. The average molecular weight is 435 g/mol. The van der Waals surface area contributed by atoms with E-state index in [-0.39, 0.29) is 38.4 Å². The molecular weight excluding hydrogens is 404 g/mol. The Morgan fingerprint density at radius 3 is 2.19 bits per heavy atom. The minimum atomic E-state index is -0.996. The largest absolute Gasteiger partial charge is 0.370 e. The van der Waals surface area contributed by atoms with E-state index in [2.05, 4.69) is 20.9 Å². The Balaban J connectivity index is 2.91. The number of hydrogen-bond donors (Lipinski definition) is 7. The van der Waals surface area contributed by atoms with E-state index in [0.29, 0.717) is 6.42 Å². The number of primary amides is 1. The van der Waals surface area contributed by atoms with Gasteiger partial charge < -0.3 is 38.9 Å². The normalized spacial score (nSPS) is 12.2. The molecule has 0 radical (unpaired) electrons. The molecule has 2 atom stereocenters. The molecule has 0 aliphatic rings. The smallest absolute Gasteiger partial charge is 0.243 e. The first-order chi connectivity index (χ1) is 14.7. The number of nitrogens with zero attached hydrogens (tertiary/aromatic N) is 1. The first kappa shape index (κ1) is 25.4. The van der Waals surface area contributed by atoms with Crippen molar-refractivity contribution in [3.63, 3.8) is 0 Å². The van der Waals surface area contributed by atoms with Gasteiger partial charge in [0.2, 0.25) is 23.6 Å². The summed E-state index contributed by atoms with van der Waals surface area (Å²) in [4.78, 5) is 52.0. The number of hydrogen-bond acceptors (Lipinski definition) is 6. The maximum Gasteiger partial charge on any atom is 0.243 e. The van der Waals surface area contributed by atoms with E-state index in [1.54, 1.807) is 24.3 Å². The van der Waals surface area contributed by atoms with Gasteiger partial charge in [0, 0.05) is 13.0 Å². The molecule has 11 N–H and O–H groups in total. The van der Waals surface area contributed by atoms with Crippen LogP contribution in [0.25, 0.3) is 0 Å². The Morgan fingerprint density at radius 2 is 1.61 bits per heavy atom. The van der Waals surface area contributed by atoms with Gasteiger partial charge in [-0.3, -0.25) is 24.2 Å². The molecule has 0 saturated carbocycles. The number of nitrogens with one attached hydrogen (secondary N) is 3. The van der Waals surface area contributed by atoms with Crippen molar-refractivity contribution in [3.8, 4) is 0 Å². The molecule has 1 rings (SSSR count). The molecule has 1 aromatic carbocycles. The molecule has 12 heteroatoms. The fraction of sp³-hybridized carbons (Fsp3) is 0.421.